The van der Waals surface area contributed by atoms with Crippen molar-refractivity contribution >= 4 is 42.6 Å². The summed E-state index contributed by atoms with van der Waals surface area (Å²) in [5.74, 6) is 0.793. The number of ether oxygens (including phenoxy) is 1. The predicted molar refractivity (Wildman–Crippen MR) is 90.9 cm³/mol. The van der Waals surface area contributed by atoms with Gasteiger partial charge in [-0.05, 0) is 52.0 Å². The minimum atomic E-state index is -0.0665. The van der Waals surface area contributed by atoms with Crippen molar-refractivity contribution in [1.82, 2.24) is 0 Å². The van der Waals surface area contributed by atoms with Crippen molar-refractivity contribution in [2.24, 2.45) is 0 Å². The van der Waals surface area contributed by atoms with Crippen molar-refractivity contribution in [3.05, 3.63) is 58.1 Å². The van der Waals surface area contributed by atoms with Gasteiger partial charge in [0.05, 0.1) is 21.7 Å². The van der Waals surface area contributed by atoms with E-state index in [0.29, 0.717) is 15.6 Å². The molecule has 0 aromatic heterocycles. The van der Waals surface area contributed by atoms with Gasteiger partial charge in [0.1, 0.15) is 5.75 Å². The standard InChI is InChI=1S/C16H15Cl2O2P.Li/c1-10(2)20-11-6-8-12(9-7-11)21-16(19)15-13(17)4-3-5-14(15)18;/h3-10,21H,1-2H3;/q;+1. The average Bonchev–Trinajstić information content (AvgIpc) is 2.40. The van der Waals surface area contributed by atoms with Crippen molar-refractivity contribution < 1.29 is 28.4 Å². The predicted octanol–water partition coefficient (Wildman–Crippen LogP) is 1.93. The van der Waals surface area contributed by atoms with E-state index in [4.69, 9.17) is 27.9 Å². The molecule has 1 unspecified atom stereocenters. The topological polar surface area (TPSA) is 26.3 Å². The Labute approximate surface area is 154 Å². The van der Waals surface area contributed by atoms with Crippen LogP contribution < -0.4 is 28.9 Å². The van der Waals surface area contributed by atoms with Crippen LogP contribution >= 0.6 is 31.8 Å². The number of rotatable bonds is 5. The van der Waals surface area contributed by atoms with Crippen molar-refractivity contribution in [2.75, 3.05) is 0 Å². The fourth-order valence-corrected chi connectivity index (χ4v) is 3.51. The molecule has 2 aromatic carbocycles. The van der Waals surface area contributed by atoms with Gasteiger partial charge >= 0.3 is 18.9 Å². The van der Waals surface area contributed by atoms with Crippen molar-refractivity contribution in [3.63, 3.8) is 0 Å². The van der Waals surface area contributed by atoms with Crippen LogP contribution in [0.15, 0.2) is 42.5 Å². The van der Waals surface area contributed by atoms with E-state index in [0.717, 1.165) is 11.1 Å². The van der Waals surface area contributed by atoms with Gasteiger partial charge in [-0.1, -0.05) is 41.4 Å². The number of hydrogen-bond donors (Lipinski definition) is 0. The molecule has 0 spiro atoms. The Morgan fingerprint density at radius 2 is 1.59 bits per heavy atom. The molecule has 110 valence electrons. The molecular formula is C16H15Cl2LiO2P+. The first-order valence-corrected chi connectivity index (χ1v) is 8.25. The molecule has 0 aliphatic heterocycles. The molecular weight excluding hydrogens is 333 g/mol. The SMILES string of the molecule is CC(C)Oc1ccc(PC(=O)c2c(Cl)cccc2Cl)cc1.[Li+]. The van der Waals surface area contributed by atoms with Gasteiger partial charge in [0, 0.05) is 0 Å². The maximum Gasteiger partial charge on any atom is 1.00 e. The van der Waals surface area contributed by atoms with Gasteiger partial charge < -0.3 is 4.74 Å². The molecule has 0 heterocycles. The average molecular weight is 348 g/mol. The third-order valence-corrected chi connectivity index (χ3v) is 4.40. The van der Waals surface area contributed by atoms with Crippen LogP contribution in [0.2, 0.25) is 10.0 Å². The molecule has 0 fully saturated rings. The summed E-state index contributed by atoms with van der Waals surface area (Å²) in [4.78, 5) is 12.3. The molecule has 0 amide bonds. The van der Waals surface area contributed by atoms with Crippen LogP contribution in [0, 0.1) is 0 Å². The van der Waals surface area contributed by atoms with Crippen LogP contribution in [0.5, 0.6) is 5.75 Å². The second-order valence-corrected chi connectivity index (χ2v) is 6.84. The first-order chi connectivity index (χ1) is 9.97. The molecule has 1 atom stereocenters. The second-order valence-electron chi connectivity index (χ2n) is 4.74. The Morgan fingerprint density at radius 1 is 1.05 bits per heavy atom. The molecule has 0 saturated heterocycles. The second kappa shape index (κ2) is 8.97. The van der Waals surface area contributed by atoms with Gasteiger partial charge in [-0.15, -0.1) is 0 Å². The molecule has 2 aromatic rings. The number of carbonyl (C=O) groups excluding carboxylic acids is 1. The van der Waals surface area contributed by atoms with E-state index < -0.39 is 0 Å². The van der Waals surface area contributed by atoms with E-state index in [9.17, 15) is 4.79 Å². The maximum absolute atomic E-state index is 12.3. The monoisotopic (exact) mass is 347 g/mol. The van der Waals surface area contributed by atoms with E-state index in [-0.39, 0.29) is 39.1 Å². The molecule has 0 saturated carbocycles. The van der Waals surface area contributed by atoms with Gasteiger partial charge in [-0.2, -0.15) is 0 Å². The van der Waals surface area contributed by atoms with Gasteiger partial charge in [0.25, 0.3) is 0 Å². The van der Waals surface area contributed by atoms with Crippen LogP contribution in [0.1, 0.15) is 24.2 Å². The van der Waals surface area contributed by atoms with E-state index >= 15 is 0 Å². The van der Waals surface area contributed by atoms with Crippen molar-refractivity contribution in [2.45, 2.75) is 20.0 Å². The Kier molecular flexibility index (Phi) is 7.98. The van der Waals surface area contributed by atoms with Gasteiger partial charge in [0.2, 0.25) is 0 Å². The van der Waals surface area contributed by atoms with Crippen LogP contribution in [0.3, 0.4) is 0 Å². The first-order valence-electron chi connectivity index (χ1n) is 6.49. The number of halogens is 2. The maximum atomic E-state index is 12.3. The van der Waals surface area contributed by atoms with Crippen LogP contribution in [0.4, 0.5) is 0 Å². The van der Waals surface area contributed by atoms with E-state index in [1.165, 1.54) is 0 Å². The number of carbonyl (C=O) groups is 1. The summed E-state index contributed by atoms with van der Waals surface area (Å²) < 4.78 is 5.57. The van der Waals surface area contributed by atoms with E-state index in [1.54, 1.807) is 18.2 Å². The molecule has 0 bridgehead atoms. The number of hydrogen-bond acceptors (Lipinski definition) is 2. The van der Waals surface area contributed by atoms with E-state index in [1.807, 2.05) is 38.1 Å². The third kappa shape index (κ3) is 5.31. The Morgan fingerprint density at radius 3 is 2.09 bits per heavy atom. The van der Waals surface area contributed by atoms with Crippen LogP contribution in [0.25, 0.3) is 0 Å². The summed E-state index contributed by atoms with van der Waals surface area (Å²) in [6.07, 6.45) is 0.127. The zero-order valence-electron chi connectivity index (χ0n) is 12.7. The smallest absolute Gasteiger partial charge is 0.491 e. The zero-order valence-corrected chi connectivity index (χ0v) is 15.2. The minimum Gasteiger partial charge on any atom is -0.491 e. The molecule has 0 aliphatic rings. The summed E-state index contributed by atoms with van der Waals surface area (Å²) in [6, 6.07) is 12.6. The largest absolute Gasteiger partial charge is 1.00 e. The van der Waals surface area contributed by atoms with Crippen molar-refractivity contribution in [1.29, 1.82) is 0 Å². The molecule has 0 N–H and O–H groups in total. The fraction of sp³-hybridized carbons (Fsp3) is 0.188. The van der Waals surface area contributed by atoms with Crippen LogP contribution in [-0.4, -0.2) is 11.6 Å². The first kappa shape index (κ1) is 19.6. The summed E-state index contributed by atoms with van der Waals surface area (Å²) in [5, 5.41) is 1.70. The summed E-state index contributed by atoms with van der Waals surface area (Å²) >= 11 is 12.1. The molecule has 22 heavy (non-hydrogen) atoms. The Bertz CT molecular complexity index is 625. The summed E-state index contributed by atoms with van der Waals surface area (Å²) in [5.41, 5.74) is 0.324. The fourth-order valence-electron chi connectivity index (χ4n) is 1.80. The number of benzene rings is 2. The van der Waals surface area contributed by atoms with E-state index in [2.05, 4.69) is 0 Å². The molecule has 6 heteroatoms. The summed E-state index contributed by atoms with van der Waals surface area (Å²) in [6.45, 7) is 3.94. The minimum absolute atomic E-state index is 0. The molecule has 2 nitrogen and oxygen atoms in total. The van der Waals surface area contributed by atoms with Crippen LogP contribution in [-0.2, 0) is 0 Å². The third-order valence-electron chi connectivity index (χ3n) is 2.67. The molecule has 2 rings (SSSR count). The Hall–Kier alpha value is -0.483. The quantitative estimate of drug-likeness (QED) is 0.610. The van der Waals surface area contributed by atoms with Crippen molar-refractivity contribution in [3.8, 4) is 5.75 Å². The van der Waals surface area contributed by atoms with Gasteiger partial charge in [-0.3, -0.25) is 4.79 Å². The normalized spacial score (nSPS) is 10.8. The summed E-state index contributed by atoms with van der Waals surface area (Å²) in [7, 11) is -0.0226. The molecule has 0 radical (unpaired) electrons. The Balaban J connectivity index is 0.00000242. The van der Waals surface area contributed by atoms with Gasteiger partial charge in [-0.25, -0.2) is 0 Å². The molecule has 0 aliphatic carbocycles. The van der Waals surface area contributed by atoms with Gasteiger partial charge in [0.15, 0.2) is 5.52 Å². The zero-order chi connectivity index (χ0) is 15.4.